The predicted molar refractivity (Wildman–Crippen MR) is 37.4 cm³/mol. The summed E-state index contributed by atoms with van der Waals surface area (Å²) in [6.07, 6.45) is 0. The van der Waals surface area contributed by atoms with Gasteiger partial charge in [-0.15, -0.1) is 0 Å². The lowest BCUT2D eigenvalue weighted by molar-refractivity contribution is -0.136. The number of carboxylic acids is 1. The predicted octanol–water partition coefficient (Wildman–Crippen LogP) is -0.224. The Morgan fingerprint density at radius 2 is 2.20 bits per heavy atom. The number of carbonyl (C=O) groups is 2. The number of amides is 2. The zero-order valence-electron chi connectivity index (χ0n) is 5.33. The van der Waals surface area contributed by atoms with Gasteiger partial charge in [-0.25, -0.2) is 4.79 Å². The van der Waals surface area contributed by atoms with Gasteiger partial charge >= 0.3 is 12.0 Å². The second-order valence-corrected chi connectivity index (χ2v) is 2.71. The van der Waals surface area contributed by atoms with E-state index < -0.39 is 17.3 Å². The van der Waals surface area contributed by atoms with Crippen molar-refractivity contribution in [2.24, 2.45) is 5.73 Å². The number of carboxylic acid groups (broad SMARTS) is 1. The Morgan fingerprint density at radius 3 is 2.50 bits per heavy atom. The van der Waals surface area contributed by atoms with Crippen LogP contribution in [0.4, 0.5) is 4.79 Å². The maximum atomic E-state index is 10.1. The van der Waals surface area contributed by atoms with E-state index in [2.05, 4.69) is 10.5 Å². The fourth-order valence-electron chi connectivity index (χ4n) is 0.197. The van der Waals surface area contributed by atoms with Crippen LogP contribution in [-0.4, -0.2) is 22.4 Å². The minimum atomic E-state index is -0.987. The van der Waals surface area contributed by atoms with Gasteiger partial charge in [-0.05, 0) is 18.9 Å². The molecule has 5 nitrogen and oxygen atoms in total. The molecule has 58 valence electrons. The second-order valence-electron chi connectivity index (χ2n) is 1.56. The van der Waals surface area contributed by atoms with E-state index in [1.54, 1.807) is 0 Å². The van der Waals surface area contributed by atoms with Gasteiger partial charge in [0, 0.05) is 0 Å². The van der Waals surface area contributed by atoms with Crippen LogP contribution in [0.5, 0.6) is 0 Å². The summed E-state index contributed by atoms with van der Waals surface area (Å²) in [6.45, 7) is 1.45. The highest BCUT2D eigenvalue weighted by Gasteiger charge is 2.11. The zero-order chi connectivity index (χ0) is 8.15. The summed E-state index contributed by atoms with van der Waals surface area (Å²) in [5.74, 6) is -0.987. The average molecular weight is 164 g/mol. The molecule has 0 radical (unpaired) electrons. The normalized spacial score (nSPS) is 12.1. The number of hydrogen-bond donors (Lipinski definition) is 3. The number of hydrogen-bond acceptors (Lipinski definition) is 3. The number of rotatable bonds is 3. The minimum absolute atomic E-state index is 0.674. The van der Waals surface area contributed by atoms with Crippen LogP contribution >= 0.6 is 11.9 Å². The van der Waals surface area contributed by atoms with E-state index in [-0.39, 0.29) is 0 Å². The number of nitrogens with one attached hydrogen (secondary N) is 1. The lowest BCUT2D eigenvalue weighted by Gasteiger charge is -2.03. The number of nitrogens with two attached hydrogens (primary N) is 1. The van der Waals surface area contributed by atoms with E-state index in [0.717, 1.165) is 11.9 Å². The van der Waals surface area contributed by atoms with Crippen LogP contribution in [0.3, 0.4) is 0 Å². The first kappa shape index (κ1) is 9.09. The van der Waals surface area contributed by atoms with Crippen molar-refractivity contribution in [3.05, 3.63) is 0 Å². The van der Waals surface area contributed by atoms with Gasteiger partial charge in [-0.1, -0.05) is 0 Å². The molecule has 0 aromatic heterocycles. The third kappa shape index (κ3) is 4.02. The molecule has 0 saturated heterocycles. The van der Waals surface area contributed by atoms with Crippen LogP contribution in [0.15, 0.2) is 0 Å². The van der Waals surface area contributed by atoms with Gasteiger partial charge in [0.15, 0.2) is 0 Å². The first-order valence-corrected chi connectivity index (χ1v) is 3.36. The molecule has 4 N–H and O–H groups in total. The summed E-state index contributed by atoms with van der Waals surface area (Å²) in [6, 6.07) is -0.738. The Bertz CT molecular complexity index is 149. The van der Waals surface area contributed by atoms with Gasteiger partial charge in [0.1, 0.15) is 5.25 Å². The van der Waals surface area contributed by atoms with Crippen LogP contribution in [0.25, 0.3) is 0 Å². The van der Waals surface area contributed by atoms with Crippen LogP contribution < -0.4 is 10.5 Å². The molecule has 10 heavy (non-hydrogen) atoms. The lowest BCUT2D eigenvalue weighted by atomic mass is 10.5. The Kier molecular flexibility index (Phi) is 3.63. The number of primary amides is 1. The van der Waals surface area contributed by atoms with Gasteiger partial charge in [0.2, 0.25) is 0 Å². The highest BCUT2D eigenvalue weighted by atomic mass is 32.2. The van der Waals surface area contributed by atoms with Crippen LogP contribution in [0.1, 0.15) is 6.92 Å². The van der Waals surface area contributed by atoms with E-state index in [1.165, 1.54) is 6.92 Å². The van der Waals surface area contributed by atoms with Crippen molar-refractivity contribution in [1.82, 2.24) is 4.72 Å². The van der Waals surface area contributed by atoms with Gasteiger partial charge in [0.25, 0.3) is 0 Å². The summed E-state index contributed by atoms with van der Waals surface area (Å²) in [5.41, 5.74) is 4.68. The van der Waals surface area contributed by atoms with Crippen molar-refractivity contribution in [2.75, 3.05) is 0 Å². The molecule has 1 unspecified atom stereocenters. The quantitative estimate of drug-likeness (QED) is 0.502. The number of aliphatic carboxylic acids is 1. The van der Waals surface area contributed by atoms with E-state index in [4.69, 9.17) is 5.11 Å². The molecule has 0 heterocycles. The fraction of sp³-hybridized carbons (Fsp3) is 0.500. The number of urea groups is 1. The van der Waals surface area contributed by atoms with Crippen LogP contribution in [0, 0.1) is 0 Å². The molecule has 2 amide bonds. The SMILES string of the molecule is CC(SNC(N)=O)C(=O)O. The Labute approximate surface area is 62.1 Å². The van der Waals surface area contributed by atoms with Crippen LogP contribution in [0.2, 0.25) is 0 Å². The second kappa shape index (κ2) is 3.99. The monoisotopic (exact) mass is 164 g/mol. The molecule has 6 heteroatoms. The first-order valence-electron chi connectivity index (χ1n) is 2.48. The Hall–Kier alpha value is -0.910. The largest absolute Gasteiger partial charge is 0.480 e. The van der Waals surface area contributed by atoms with Crippen molar-refractivity contribution >= 4 is 23.9 Å². The van der Waals surface area contributed by atoms with Crippen molar-refractivity contribution in [2.45, 2.75) is 12.2 Å². The lowest BCUT2D eigenvalue weighted by Crippen LogP contribution is -2.27. The van der Waals surface area contributed by atoms with E-state index in [9.17, 15) is 9.59 Å². The van der Waals surface area contributed by atoms with Gasteiger partial charge in [-0.3, -0.25) is 9.52 Å². The summed E-state index contributed by atoms with van der Waals surface area (Å²) >= 11 is 0.769. The molecule has 0 aliphatic rings. The van der Waals surface area contributed by atoms with Crippen LogP contribution in [-0.2, 0) is 4.79 Å². The molecule has 0 rings (SSSR count). The summed E-state index contributed by atoms with van der Waals surface area (Å²) in [7, 11) is 0. The maximum Gasteiger partial charge on any atom is 0.322 e. The summed E-state index contributed by atoms with van der Waals surface area (Å²) in [4.78, 5) is 20.1. The highest BCUT2D eigenvalue weighted by Crippen LogP contribution is 2.03. The first-order chi connectivity index (χ1) is 4.54. The molecular weight excluding hydrogens is 156 g/mol. The Morgan fingerprint density at radius 1 is 1.70 bits per heavy atom. The minimum Gasteiger partial charge on any atom is -0.480 e. The third-order valence-corrected chi connectivity index (χ3v) is 1.56. The van der Waals surface area contributed by atoms with Crippen molar-refractivity contribution in [3.8, 4) is 0 Å². The smallest absolute Gasteiger partial charge is 0.322 e. The standard InChI is InChI=1S/C4H8N2O3S/c1-2(3(7)8)10-6-4(5)9/h2H,1H3,(H,7,8)(H3,5,6,9). The molecule has 0 saturated carbocycles. The molecule has 0 aliphatic heterocycles. The van der Waals surface area contributed by atoms with Gasteiger partial charge in [-0.2, -0.15) is 0 Å². The summed E-state index contributed by atoms with van der Waals surface area (Å²) < 4.78 is 2.10. The van der Waals surface area contributed by atoms with Gasteiger partial charge < -0.3 is 10.8 Å². The van der Waals surface area contributed by atoms with Crippen molar-refractivity contribution < 1.29 is 14.7 Å². The average Bonchev–Trinajstić information content (AvgIpc) is 1.82. The topological polar surface area (TPSA) is 92.4 Å². The molecule has 1 atom stereocenters. The van der Waals surface area contributed by atoms with Crippen molar-refractivity contribution in [3.63, 3.8) is 0 Å². The maximum absolute atomic E-state index is 10.1. The third-order valence-electron chi connectivity index (χ3n) is 0.684. The number of carbonyl (C=O) groups excluding carboxylic acids is 1. The molecule has 0 bridgehead atoms. The highest BCUT2D eigenvalue weighted by molar-refractivity contribution is 7.99. The Balaban J connectivity index is 3.49. The van der Waals surface area contributed by atoms with E-state index in [1.807, 2.05) is 0 Å². The molecule has 0 aliphatic carbocycles. The van der Waals surface area contributed by atoms with E-state index >= 15 is 0 Å². The van der Waals surface area contributed by atoms with Crippen molar-refractivity contribution in [1.29, 1.82) is 0 Å². The molecule has 0 spiro atoms. The molecule has 0 fully saturated rings. The van der Waals surface area contributed by atoms with E-state index in [0.29, 0.717) is 0 Å². The molecule has 0 aromatic carbocycles. The molecule has 0 aromatic rings. The van der Waals surface area contributed by atoms with Gasteiger partial charge in [0.05, 0.1) is 0 Å². The molecular formula is C4H8N2O3S. The summed E-state index contributed by atoms with van der Waals surface area (Å²) in [5, 5.41) is 7.61. The zero-order valence-corrected chi connectivity index (χ0v) is 6.14. The fourth-order valence-corrected chi connectivity index (χ4v) is 0.591.